The number of carboxylic acids is 1. The number of nitrogens with one attached hydrogen (secondary N) is 1. The van der Waals surface area contributed by atoms with E-state index < -0.39 is 12.0 Å². The number of carboxylic acid groups (broad SMARTS) is 1. The highest BCUT2D eigenvalue weighted by Crippen LogP contribution is 2.42. The van der Waals surface area contributed by atoms with E-state index in [-0.39, 0.29) is 11.9 Å². The van der Waals surface area contributed by atoms with Crippen LogP contribution in [0.25, 0.3) is 0 Å². The van der Waals surface area contributed by atoms with E-state index in [9.17, 15) is 14.7 Å². The standard InChI is InChI=1S/C13H23N3O3/c1-14-6-7-15(2)13(19)16-8-9-4-3-5-10(9)11(16)12(17)18/h9-11,14H,3-8H2,1-2H3,(H,17,18). The van der Waals surface area contributed by atoms with Crippen LogP contribution in [0.15, 0.2) is 0 Å². The first-order valence-electron chi connectivity index (χ1n) is 6.95. The van der Waals surface area contributed by atoms with Crippen molar-refractivity contribution in [3.8, 4) is 0 Å². The molecule has 19 heavy (non-hydrogen) atoms. The molecule has 1 aliphatic carbocycles. The molecule has 3 unspecified atom stereocenters. The molecule has 0 radical (unpaired) electrons. The average Bonchev–Trinajstić information content (AvgIpc) is 2.93. The molecule has 2 aliphatic rings. The summed E-state index contributed by atoms with van der Waals surface area (Å²) in [6, 6.07) is -0.783. The van der Waals surface area contributed by atoms with Crippen molar-refractivity contribution in [2.45, 2.75) is 25.3 Å². The van der Waals surface area contributed by atoms with E-state index in [1.807, 2.05) is 7.05 Å². The van der Waals surface area contributed by atoms with E-state index in [0.717, 1.165) is 19.3 Å². The number of nitrogens with zero attached hydrogens (tertiary/aromatic N) is 2. The molecule has 0 aromatic heterocycles. The number of aliphatic carboxylic acids is 1. The summed E-state index contributed by atoms with van der Waals surface area (Å²) in [5, 5.41) is 12.4. The summed E-state index contributed by atoms with van der Waals surface area (Å²) in [7, 11) is 3.56. The summed E-state index contributed by atoms with van der Waals surface area (Å²) in [5.41, 5.74) is 0. The Balaban J connectivity index is 2.06. The molecular formula is C13H23N3O3. The van der Waals surface area contributed by atoms with Gasteiger partial charge in [0, 0.05) is 26.7 Å². The number of hydrogen-bond acceptors (Lipinski definition) is 3. The van der Waals surface area contributed by atoms with Crippen LogP contribution in [0.1, 0.15) is 19.3 Å². The number of likely N-dealkylation sites (tertiary alicyclic amines) is 1. The predicted octanol–water partition coefficient (Wildman–Crippen LogP) is 0.443. The molecule has 1 aliphatic heterocycles. The maximum atomic E-state index is 12.4. The van der Waals surface area contributed by atoms with Crippen LogP contribution in [0.4, 0.5) is 4.79 Å². The van der Waals surface area contributed by atoms with Crippen LogP contribution < -0.4 is 5.32 Å². The fraction of sp³-hybridized carbons (Fsp3) is 0.846. The van der Waals surface area contributed by atoms with Gasteiger partial charge in [-0.25, -0.2) is 9.59 Å². The van der Waals surface area contributed by atoms with Crippen molar-refractivity contribution >= 4 is 12.0 Å². The highest BCUT2D eigenvalue weighted by molar-refractivity contribution is 5.83. The molecule has 108 valence electrons. The Morgan fingerprint density at radius 3 is 2.79 bits per heavy atom. The van der Waals surface area contributed by atoms with Gasteiger partial charge in [-0.1, -0.05) is 6.42 Å². The van der Waals surface area contributed by atoms with Crippen molar-refractivity contribution in [3.05, 3.63) is 0 Å². The fourth-order valence-corrected chi connectivity index (χ4v) is 3.41. The third-order valence-corrected chi connectivity index (χ3v) is 4.41. The van der Waals surface area contributed by atoms with Gasteiger partial charge in [0.1, 0.15) is 6.04 Å². The molecule has 1 saturated heterocycles. The Morgan fingerprint density at radius 2 is 2.16 bits per heavy atom. The van der Waals surface area contributed by atoms with Gasteiger partial charge in [0.2, 0.25) is 0 Å². The second kappa shape index (κ2) is 5.77. The number of rotatable bonds is 4. The first-order valence-corrected chi connectivity index (χ1v) is 6.95. The fourth-order valence-electron chi connectivity index (χ4n) is 3.41. The van der Waals surface area contributed by atoms with Gasteiger partial charge in [-0.15, -0.1) is 0 Å². The lowest BCUT2D eigenvalue weighted by Crippen LogP contribution is -2.49. The van der Waals surface area contributed by atoms with Crippen LogP contribution in [0.5, 0.6) is 0 Å². The Labute approximate surface area is 113 Å². The lowest BCUT2D eigenvalue weighted by molar-refractivity contribution is -0.142. The van der Waals surface area contributed by atoms with Gasteiger partial charge in [0.05, 0.1) is 0 Å². The summed E-state index contributed by atoms with van der Waals surface area (Å²) in [6.45, 7) is 1.90. The van der Waals surface area contributed by atoms with Gasteiger partial charge in [-0.3, -0.25) is 0 Å². The molecule has 1 heterocycles. The highest BCUT2D eigenvalue weighted by Gasteiger charge is 2.50. The van der Waals surface area contributed by atoms with Crippen LogP contribution in [0.2, 0.25) is 0 Å². The van der Waals surface area contributed by atoms with Crippen molar-refractivity contribution < 1.29 is 14.7 Å². The van der Waals surface area contributed by atoms with Crippen LogP contribution >= 0.6 is 0 Å². The van der Waals surface area contributed by atoms with Gasteiger partial charge >= 0.3 is 12.0 Å². The summed E-state index contributed by atoms with van der Waals surface area (Å²) in [5.74, 6) is -0.327. The Kier molecular flexibility index (Phi) is 4.29. The zero-order valence-corrected chi connectivity index (χ0v) is 11.6. The lowest BCUT2D eigenvalue weighted by atomic mass is 9.94. The number of carbonyl (C=O) groups is 2. The minimum Gasteiger partial charge on any atom is -0.480 e. The number of likely N-dealkylation sites (N-methyl/N-ethyl adjacent to an activating group) is 2. The Hall–Kier alpha value is -1.30. The van der Waals surface area contributed by atoms with E-state index in [1.165, 1.54) is 0 Å². The first-order chi connectivity index (χ1) is 9.06. The van der Waals surface area contributed by atoms with Crippen LogP contribution in [0.3, 0.4) is 0 Å². The molecule has 2 N–H and O–H groups in total. The maximum absolute atomic E-state index is 12.4. The molecule has 0 bridgehead atoms. The molecule has 2 amide bonds. The topological polar surface area (TPSA) is 72.9 Å². The molecular weight excluding hydrogens is 246 g/mol. The van der Waals surface area contributed by atoms with Crippen molar-refractivity contribution in [3.63, 3.8) is 0 Å². The maximum Gasteiger partial charge on any atom is 0.326 e. The number of amides is 2. The minimum atomic E-state index is -0.857. The average molecular weight is 269 g/mol. The zero-order valence-electron chi connectivity index (χ0n) is 11.6. The molecule has 0 aromatic rings. The van der Waals surface area contributed by atoms with Gasteiger partial charge in [0.25, 0.3) is 0 Å². The second-order valence-electron chi connectivity index (χ2n) is 5.60. The van der Waals surface area contributed by atoms with Crippen LogP contribution in [-0.2, 0) is 4.79 Å². The third kappa shape index (κ3) is 2.68. The SMILES string of the molecule is CNCCN(C)C(=O)N1CC2CCCC2C1C(=O)O. The molecule has 1 saturated carbocycles. The zero-order chi connectivity index (χ0) is 14.0. The van der Waals surface area contributed by atoms with Gasteiger partial charge in [-0.2, -0.15) is 0 Å². The predicted molar refractivity (Wildman–Crippen MR) is 70.9 cm³/mol. The van der Waals surface area contributed by atoms with Crippen molar-refractivity contribution in [1.29, 1.82) is 0 Å². The molecule has 2 fully saturated rings. The highest BCUT2D eigenvalue weighted by atomic mass is 16.4. The number of hydrogen-bond donors (Lipinski definition) is 2. The van der Waals surface area contributed by atoms with Crippen molar-refractivity contribution in [1.82, 2.24) is 15.1 Å². The van der Waals surface area contributed by atoms with Crippen molar-refractivity contribution in [2.75, 3.05) is 33.7 Å². The lowest BCUT2D eigenvalue weighted by Gasteiger charge is -2.29. The molecule has 3 atom stereocenters. The summed E-state index contributed by atoms with van der Waals surface area (Å²) in [6.07, 6.45) is 3.08. The Bertz CT molecular complexity index is 361. The second-order valence-corrected chi connectivity index (χ2v) is 5.60. The third-order valence-electron chi connectivity index (χ3n) is 4.41. The number of fused-ring (bicyclic) bond motifs is 1. The number of carbonyl (C=O) groups excluding carboxylic acids is 1. The van der Waals surface area contributed by atoms with E-state index in [0.29, 0.717) is 25.6 Å². The smallest absolute Gasteiger partial charge is 0.326 e. The number of urea groups is 1. The van der Waals surface area contributed by atoms with Crippen LogP contribution in [-0.4, -0.2) is 66.7 Å². The van der Waals surface area contributed by atoms with Gasteiger partial charge < -0.3 is 20.2 Å². The van der Waals surface area contributed by atoms with E-state index in [1.54, 1.807) is 16.8 Å². The summed E-state index contributed by atoms with van der Waals surface area (Å²) >= 11 is 0. The van der Waals surface area contributed by atoms with Crippen molar-refractivity contribution in [2.24, 2.45) is 11.8 Å². The van der Waals surface area contributed by atoms with Gasteiger partial charge in [0.15, 0.2) is 0 Å². The molecule has 0 spiro atoms. The van der Waals surface area contributed by atoms with E-state index in [2.05, 4.69) is 5.32 Å². The monoisotopic (exact) mass is 269 g/mol. The van der Waals surface area contributed by atoms with Crippen LogP contribution in [0, 0.1) is 11.8 Å². The normalized spacial score (nSPS) is 29.4. The summed E-state index contributed by atoms with van der Waals surface area (Å²) < 4.78 is 0. The van der Waals surface area contributed by atoms with Gasteiger partial charge in [-0.05, 0) is 31.7 Å². The summed E-state index contributed by atoms with van der Waals surface area (Å²) in [4.78, 5) is 27.0. The molecule has 6 nitrogen and oxygen atoms in total. The van der Waals surface area contributed by atoms with E-state index >= 15 is 0 Å². The molecule has 0 aromatic carbocycles. The molecule has 6 heteroatoms. The Morgan fingerprint density at radius 1 is 1.42 bits per heavy atom. The minimum absolute atomic E-state index is 0.152. The largest absolute Gasteiger partial charge is 0.480 e. The molecule has 2 rings (SSSR count). The van der Waals surface area contributed by atoms with E-state index in [4.69, 9.17) is 0 Å². The first kappa shape index (κ1) is 14.1. The quantitative estimate of drug-likeness (QED) is 0.777.